The second kappa shape index (κ2) is 10.7. The maximum atomic E-state index is 7.28. The van der Waals surface area contributed by atoms with E-state index in [4.69, 9.17) is 13.2 Å². The topological polar surface area (TPSA) is 30.2 Å². The molecule has 3 nitrogen and oxygen atoms in total. The van der Waals surface area contributed by atoms with Crippen LogP contribution in [0.4, 0.5) is 0 Å². The second-order valence-electron chi connectivity index (χ2n) is 9.34. The third-order valence-corrected chi connectivity index (χ3v) is 6.95. The molecule has 195 valence electrons. The molecule has 0 aliphatic carbocycles. The van der Waals surface area contributed by atoms with E-state index in [1.807, 2.05) is 24.4 Å². The normalized spacial score (nSPS) is 13.9. The van der Waals surface area contributed by atoms with Gasteiger partial charge in [-0.25, -0.2) is 0 Å². The van der Waals surface area contributed by atoms with Gasteiger partial charge in [0, 0.05) is 62.3 Å². The minimum absolute atomic E-state index is 0. The predicted molar refractivity (Wildman–Crippen MR) is 161 cm³/mol. The molecule has 0 saturated carbocycles. The van der Waals surface area contributed by atoms with Crippen LogP contribution in [0.3, 0.4) is 0 Å². The van der Waals surface area contributed by atoms with Crippen molar-refractivity contribution in [3.05, 3.63) is 139 Å². The molecule has 0 saturated heterocycles. The summed E-state index contributed by atoms with van der Waals surface area (Å²) in [7, 11) is 0. The Labute approximate surface area is 255 Å². The van der Waals surface area contributed by atoms with Gasteiger partial charge in [0.05, 0.1) is 16.6 Å². The zero-order chi connectivity index (χ0) is 31.3. The zero-order valence-electron chi connectivity index (χ0n) is 27.1. The number of fused-ring (bicyclic) bond motifs is 6. The number of aromatic nitrogens is 3. The predicted octanol–water partition coefficient (Wildman–Crippen LogP) is 8.86. The maximum absolute atomic E-state index is 7.28. The fourth-order valence-corrected chi connectivity index (χ4v) is 5.17. The van der Waals surface area contributed by atoms with Gasteiger partial charge in [-0.1, -0.05) is 61.4 Å². The minimum atomic E-state index is -2.18. The van der Waals surface area contributed by atoms with Crippen LogP contribution in [0, 0.1) is 25.8 Å². The van der Waals surface area contributed by atoms with Crippen molar-refractivity contribution in [1.29, 1.82) is 0 Å². The van der Waals surface area contributed by atoms with Crippen molar-refractivity contribution in [3.63, 3.8) is 0 Å². The van der Waals surface area contributed by atoms with Crippen LogP contribution < -0.4 is 0 Å². The molecule has 0 N–H and O–H groups in total. The second-order valence-corrected chi connectivity index (χ2v) is 9.34. The third kappa shape index (κ3) is 4.46. The molecule has 4 aromatic heterocycles. The Morgan fingerprint density at radius 1 is 0.625 bits per heavy atom. The summed E-state index contributed by atoms with van der Waals surface area (Å²) in [6.07, 6.45) is 3.30. The summed E-state index contributed by atoms with van der Waals surface area (Å²) in [6, 6.07) is 39.1. The van der Waals surface area contributed by atoms with Gasteiger partial charge < -0.3 is 14.4 Å². The van der Waals surface area contributed by atoms with Gasteiger partial charge in [0.15, 0.2) is 0 Å². The Kier molecular flexibility index (Phi) is 5.23. The first-order valence-corrected chi connectivity index (χ1v) is 12.6. The number of hydrogen-bond donors (Lipinski definition) is 0. The average molecular weight is 698 g/mol. The first kappa shape index (κ1) is 19.7. The van der Waals surface area contributed by atoms with E-state index < -0.39 is 13.7 Å². The molecule has 4 aromatic carbocycles. The van der Waals surface area contributed by atoms with Crippen LogP contribution in [-0.2, 0) is 20.1 Å². The molecule has 0 aliphatic heterocycles. The molecule has 40 heavy (non-hydrogen) atoms. The Hall–Kier alpha value is -4.37. The summed E-state index contributed by atoms with van der Waals surface area (Å²) in [5.74, 6) is 0. The van der Waals surface area contributed by atoms with E-state index in [1.54, 1.807) is 12.1 Å². The Balaban J connectivity index is 0.000000163. The van der Waals surface area contributed by atoms with Crippen molar-refractivity contribution < 1.29 is 28.3 Å². The first-order valence-electron chi connectivity index (χ1n) is 15.6. The molecule has 0 spiro atoms. The first-order chi connectivity index (χ1) is 21.6. The number of aryl methyl sites for hydroxylation is 2. The van der Waals surface area contributed by atoms with Crippen LogP contribution in [0.15, 0.2) is 116 Å². The largest absolute Gasteiger partial charge is 0.307 e. The van der Waals surface area contributed by atoms with Gasteiger partial charge >= 0.3 is 0 Å². The summed E-state index contributed by atoms with van der Waals surface area (Å²) in [4.78, 5) is 8.80. The summed E-state index contributed by atoms with van der Waals surface area (Å²) in [5, 5.41) is 5.12. The third-order valence-electron chi connectivity index (χ3n) is 6.95. The monoisotopic (exact) mass is 698 g/mol. The molecule has 8 rings (SSSR count). The molecule has 0 amide bonds. The summed E-state index contributed by atoms with van der Waals surface area (Å²) >= 11 is 0. The van der Waals surface area contributed by atoms with Gasteiger partial charge in [-0.05, 0) is 29.9 Å². The molecular formula is C36H25IrN3-2. The minimum Gasteiger partial charge on any atom is -0.307 e. The Morgan fingerprint density at radius 3 is 2.12 bits per heavy atom. The van der Waals surface area contributed by atoms with Crippen molar-refractivity contribution in [2.75, 3.05) is 0 Å². The van der Waals surface area contributed by atoms with Crippen molar-refractivity contribution >= 4 is 38.1 Å². The van der Waals surface area contributed by atoms with Crippen molar-refractivity contribution in [2.24, 2.45) is 0 Å². The molecule has 0 fully saturated rings. The van der Waals surface area contributed by atoms with Gasteiger partial charge in [-0.2, -0.15) is 0 Å². The van der Waals surface area contributed by atoms with E-state index in [0.29, 0.717) is 11.3 Å². The number of nitrogens with zero attached hydrogens (tertiary/aromatic N) is 3. The van der Waals surface area contributed by atoms with Crippen molar-refractivity contribution in [2.45, 2.75) is 13.7 Å². The van der Waals surface area contributed by atoms with E-state index in [-0.39, 0.29) is 31.2 Å². The van der Waals surface area contributed by atoms with E-state index in [9.17, 15) is 0 Å². The number of rotatable bonds is 2. The van der Waals surface area contributed by atoms with Crippen LogP contribution in [0.5, 0.6) is 0 Å². The quantitative estimate of drug-likeness (QED) is 0.169. The maximum Gasteiger partial charge on any atom is 0.0707 e. The SMILES string of the molecule is [2H]C([2H])([2H])c1c[c-]c(-c2ccc(C([2H])([2H])[2H])cn2)cc1.[Ir].[c-]1ccccc1-c1cc2c3cccc4c5ccccc5n(c2cn1)c43. The molecule has 1 radical (unpaired) electrons. The molecule has 4 heterocycles. The van der Waals surface area contributed by atoms with E-state index in [0.717, 1.165) is 16.8 Å². The Morgan fingerprint density at radius 2 is 1.38 bits per heavy atom. The molecule has 8 aromatic rings. The molecular weight excluding hydrogens is 667 g/mol. The number of hydrogen-bond acceptors (Lipinski definition) is 2. The summed E-state index contributed by atoms with van der Waals surface area (Å²) < 4.78 is 46.0. The van der Waals surface area contributed by atoms with Crippen molar-refractivity contribution in [3.8, 4) is 22.5 Å². The fraction of sp³-hybridized carbons (Fsp3) is 0.0556. The molecule has 0 atom stereocenters. The number of benzene rings is 4. The molecule has 4 heteroatoms. The van der Waals surface area contributed by atoms with Gasteiger partial charge in [0.25, 0.3) is 0 Å². The molecule has 0 unspecified atom stereocenters. The molecule has 0 bridgehead atoms. The number of pyridine rings is 2. The zero-order valence-corrected chi connectivity index (χ0v) is 23.5. The van der Waals surface area contributed by atoms with Crippen LogP contribution in [0.25, 0.3) is 60.6 Å². The van der Waals surface area contributed by atoms with Crippen LogP contribution >= 0.6 is 0 Å². The standard InChI is InChI=1S/C23H13N2.C13H12N.Ir/c1-2-7-15(8-3-1)20-13-19-18-11-6-10-17-16-9-4-5-12-21(16)25(23(17)18)22(19)14-24-20;1-10-3-6-12(7-4-10)13-8-5-11(2)9-14-13;/h1-7,9-14H;3-6,8-9H,1-2H3;/q2*-1;/i;1D3,2D3;. The smallest absolute Gasteiger partial charge is 0.0707 e. The van der Waals surface area contributed by atoms with Crippen LogP contribution in [0.2, 0.25) is 0 Å². The van der Waals surface area contributed by atoms with Crippen molar-refractivity contribution in [1.82, 2.24) is 14.4 Å². The summed E-state index contributed by atoms with van der Waals surface area (Å²) in [5.41, 5.74) is 7.22. The van der Waals surface area contributed by atoms with Crippen LogP contribution in [-0.4, -0.2) is 14.4 Å². The van der Waals surface area contributed by atoms with E-state index in [1.165, 1.54) is 57.0 Å². The van der Waals surface area contributed by atoms with Gasteiger partial charge in [-0.3, -0.25) is 0 Å². The average Bonchev–Trinajstić information content (AvgIpc) is 3.57. The van der Waals surface area contributed by atoms with Gasteiger partial charge in [0.2, 0.25) is 0 Å². The van der Waals surface area contributed by atoms with E-state index in [2.05, 4.69) is 76.1 Å². The Bertz CT molecular complexity index is 2220. The fourth-order valence-electron chi connectivity index (χ4n) is 5.17. The van der Waals surface area contributed by atoms with Crippen LogP contribution in [0.1, 0.15) is 19.4 Å². The number of para-hydroxylation sites is 2. The van der Waals surface area contributed by atoms with Gasteiger partial charge in [-0.15, -0.1) is 71.3 Å². The molecule has 0 aliphatic rings. The summed E-state index contributed by atoms with van der Waals surface area (Å²) in [6.45, 7) is -4.34. The van der Waals surface area contributed by atoms with Gasteiger partial charge in [0.1, 0.15) is 0 Å². The van der Waals surface area contributed by atoms with E-state index >= 15 is 0 Å².